The molecule has 1 atom stereocenters. The molecule has 96 valence electrons. The number of aliphatic hydroxyl groups is 1. The molecule has 0 aliphatic carbocycles. The van der Waals surface area contributed by atoms with Crippen LogP contribution < -0.4 is 5.32 Å². The molecule has 0 aliphatic heterocycles. The van der Waals surface area contributed by atoms with Crippen molar-refractivity contribution < 1.29 is 14.6 Å². The van der Waals surface area contributed by atoms with Gasteiger partial charge < -0.3 is 20.1 Å². The highest BCUT2D eigenvalue weighted by Gasteiger charge is 2.08. The average Bonchev–Trinajstić information content (AvgIpc) is 2.31. The second kappa shape index (κ2) is 9.57. The summed E-state index contributed by atoms with van der Waals surface area (Å²) < 4.78 is 4.51. The second-order valence-corrected chi connectivity index (χ2v) is 3.67. The molecule has 0 aromatic carbocycles. The van der Waals surface area contributed by atoms with Crippen molar-refractivity contribution in [3.8, 4) is 0 Å². The van der Waals surface area contributed by atoms with Gasteiger partial charge >= 0.3 is 5.97 Å². The molecule has 0 heterocycles. The summed E-state index contributed by atoms with van der Waals surface area (Å²) in [5.74, 6) is -0.231. The smallest absolute Gasteiger partial charge is 0.306 e. The van der Waals surface area contributed by atoms with Gasteiger partial charge in [-0.1, -0.05) is 13.8 Å². The number of ether oxygens (including phenoxy) is 1. The summed E-state index contributed by atoms with van der Waals surface area (Å²) in [6.07, 6.45) is -0.0494. The standard InChI is InChI=1S/C11H24N2O3/c1-4-13(5-2)9-10(14)8-12-7-6-11(15)16-3/h10,12,14H,4-9H2,1-3H3. The summed E-state index contributed by atoms with van der Waals surface area (Å²) in [5, 5.41) is 12.7. The number of methoxy groups -OCH3 is 1. The Balaban J connectivity index is 3.49. The molecule has 0 spiro atoms. The molecule has 0 rings (SSSR count). The highest BCUT2D eigenvalue weighted by molar-refractivity contribution is 5.69. The van der Waals surface area contributed by atoms with Gasteiger partial charge in [0.05, 0.1) is 19.6 Å². The molecule has 16 heavy (non-hydrogen) atoms. The molecule has 2 N–H and O–H groups in total. The molecule has 0 aliphatic rings. The van der Waals surface area contributed by atoms with E-state index in [0.29, 0.717) is 26.1 Å². The Morgan fingerprint density at radius 2 is 2.06 bits per heavy atom. The van der Waals surface area contributed by atoms with E-state index in [1.165, 1.54) is 7.11 Å². The minimum Gasteiger partial charge on any atom is -0.469 e. The number of carbonyl (C=O) groups excluding carboxylic acids is 1. The number of likely N-dealkylation sites (N-methyl/N-ethyl adjacent to an activating group) is 1. The molecule has 0 amide bonds. The van der Waals surface area contributed by atoms with Gasteiger partial charge in [0.2, 0.25) is 0 Å². The average molecular weight is 232 g/mol. The van der Waals surface area contributed by atoms with Crippen molar-refractivity contribution in [2.24, 2.45) is 0 Å². The summed E-state index contributed by atoms with van der Waals surface area (Å²) in [7, 11) is 1.37. The number of hydrogen-bond donors (Lipinski definition) is 2. The van der Waals surface area contributed by atoms with E-state index in [1.807, 2.05) is 0 Å². The first-order chi connectivity index (χ1) is 7.63. The van der Waals surface area contributed by atoms with Crippen LogP contribution in [0.1, 0.15) is 20.3 Å². The Labute approximate surface area is 97.8 Å². The lowest BCUT2D eigenvalue weighted by molar-refractivity contribution is -0.140. The summed E-state index contributed by atoms with van der Waals surface area (Å²) in [5.41, 5.74) is 0. The molecule has 0 fully saturated rings. The molecule has 0 radical (unpaired) electrons. The van der Waals surface area contributed by atoms with Crippen LogP contribution in [0.4, 0.5) is 0 Å². The topological polar surface area (TPSA) is 61.8 Å². The fourth-order valence-corrected chi connectivity index (χ4v) is 1.41. The molecule has 0 aromatic heterocycles. The molecule has 5 heteroatoms. The van der Waals surface area contributed by atoms with E-state index in [0.717, 1.165) is 13.1 Å². The normalized spacial score (nSPS) is 12.8. The zero-order valence-corrected chi connectivity index (χ0v) is 10.5. The van der Waals surface area contributed by atoms with Crippen molar-refractivity contribution in [3.63, 3.8) is 0 Å². The Morgan fingerprint density at radius 1 is 1.44 bits per heavy atom. The lowest BCUT2D eigenvalue weighted by Crippen LogP contribution is -2.38. The number of carbonyl (C=O) groups is 1. The van der Waals surface area contributed by atoms with Crippen molar-refractivity contribution in [2.45, 2.75) is 26.4 Å². The SMILES string of the molecule is CCN(CC)CC(O)CNCCC(=O)OC. The monoisotopic (exact) mass is 232 g/mol. The van der Waals surface area contributed by atoms with Gasteiger partial charge in [0, 0.05) is 19.6 Å². The fourth-order valence-electron chi connectivity index (χ4n) is 1.41. The van der Waals surface area contributed by atoms with Crippen molar-refractivity contribution in [3.05, 3.63) is 0 Å². The molecular weight excluding hydrogens is 208 g/mol. The van der Waals surface area contributed by atoms with Gasteiger partial charge in [0.25, 0.3) is 0 Å². The van der Waals surface area contributed by atoms with Crippen molar-refractivity contribution in [1.29, 1.82) is 0 Å². The van der Waals surface area contributed by atoms with Gasteiger partial charge in [-0.3, -0.25) is 4.79 Å². The molecule has 1 unspecified atom stereocenters. The van der Waals surface area contributed by atoms with Crippen LogP contribution in [0.2, 0.25) is 0 Å². The first kappa shape index (κ1) is 15.3. The van der Waals surface area contributed by atoms with Crippen LogP contribution in [0.3, 0.4) is 0 Å². The first-order valence-electron chi connectivity index (χ1n) is 5.81. The molecule has 0 saturated carbocycles. The van der Waals surface area contributed by atoms with Crippen molar-refractivity contribution in [2.75, 3.05) is 39.8 Å². The highest BCUT2D eigenvalue weighted by Crippen LogP contribution is 1.91. The predicted molar refractivity (Wildman–Crippen MR) is 63.3 cm³/mol. The summed E-state index contributed by atoms with van der Waals surface area (Å²) in [6.45, 7) is 7.74. The minimum atomic E-state index is -0.391. The maximum atomic E-state index is 10.8. The lowest BCUT2D eigenvalue weighted by atomic mass is 10.3. The molecule has 5 nitrogen and oxygen atoms in total. The van der Waals surface area contributed by atoms with E-state index in [1.54, 1.807) is 0 Å². The number of nitrogens with zero attached hydrogens (tertiary/aromatic N) is 1. The summed E-state index contributed by atoms with van der Waals surface area (Å²) in [6, 6.07) is 0. The maximum absolute atomic E-state index is 10.8. The lowest BCUT2D eigenvalue weighted by Gasteiger charge is -2.21. The Bertz CT molecular complexity index is 184. The first-order valence-corrected chi connectivity index (χ1v) is 5.81. The third-order valence-electron chi connectivity index (χ3n) is 2.48. The van der Waals surface area contributed by atoms with Gasteiger partial charge in [0.15, 0.2) is 0 Å². The zero-order chi connectivity index (χ0) is 12.4. The Morgan fingerprint density at radius 3 is 2.56 bits per heavy atom. The number of esters is 1. The third kappa shape index (κ3) is 7.62. The second-order valence-electron chi connectivity index (χ2n) is 3.67. The van der Waals surface area contributed by atoms with Crippen LogP contribution in [0.25, 0.3) is 0 Å². The summed E-state index contributed by atoms with van der Waals surface area (Å²) >= 11 is 0. The molecular formula is C11H24N2O3. The van der Waals surface area contributed by atoms with E-state index < -0.39 is 6.10 Å². The number of aliphatic hydroxyl groups excluding tert-OH is 1. The van der Waals surface area contributed by atoms with Gasteiger partial charge in [-0.15, -0.1) is 0 Å². The highest BCUT2D eigenvalue weighted by atomic mass is 16.5. The Hall–Kier alpha value is -0.650. The molecule has 0 aromatic rings. The minimum absolute atomic E-state index is 0.231. The van der Waals surface area contributed by atoms with Crippen LogP contribution >= 0.6 is 0 Å². The quantitative estimate of drug-likeness (QED) is 0.427. The van der Waals surface area contributed by atoms with Gasteiger partial charge in [-0.25, -0.2) is 0 Å². The maximum Gasteiger partial charge on any atom is 0.306 e. The predicted octanol–water partition coefficient (Wildman–Crippen LogP) is -0.158. The van der Waals surface area contributed by atoms with Crippen LogP contribution in [0, 0.1) is 0 Å². The largest absolute Gasteiger partial charge is 0.469 e. The third-order valence-corrected chi connectivity index (χ3v) is 2.48. The fraction of sp³-hybridized carbons (Fsp3) is 0.909. The van der Waals surface area contributed by atoms with Crippen LogP contribution in [-0.2, 0) is 9.53 Å². The van der Waals surface area contributed by atoms with E-state index >= 15 is 0 Å². The number of nitrogens with one attached hydrogen (secondary N) is 1. The van der Waals surface area contributed by atoms with E-state index in [9.17, 15) is 9.90 Å². The van der Waals surface area contributed by atoms with Crippen LogP contribution in [-0.4, -0.2) is 61.9 Å². The van der Waals surface area contributed by atoms with E-state index in [4.69, 9.17) is 0 Å². The number of rotatable bonds is 9. The van der Waals surface area contributed by atoms with Gasteiger partial charge in [-0.2, -0.15) is 0 Å². The van der Waals surface area contributed by atoms with Crippen molar-refractivity contribution in [1.82, 2.24) is 10.2 Å². The summed E-state index contributed by atoms with van der Waals surface area (Å²) in [4.78, 5) is 13.0. The molecule has 0 bridgehead atoms. The Kier molecular flexibility index (Phi) is 9.18. The zero-order valence-electron chi connectivity index (χ0n) is 10.5. The molecule has 0 saturated heterocycles. The van der Waals surface area contributed by atoms with Crippen molar-refractivity contribution >= 4 is 5.97 Å². The van der Waals surface area contributed by atoms with E-state index in [2.05, 4.69) is 28.8 Å². The van der Waals surface area contributed by atoms with Crippen LogP contribution in [0.5, 0.6) is 0 Å². The van der Waals surface area contributed by atoms with Crippen LogP contribution in [0.15, 0.2) is 0 Å². The van der Waals surface area contributed by atoms with E-state index in [-0.39, 0.29) is 5.97 Å². The van der Waals surface area contributed by atoms with Gasteiger partial charge in [0.1, 0.15) is 0 Å². The number of hydrogen-bond acceptors (Lipinski definition) is 5. The van der Waals surface area contributed by atoms with Gasteiger partial charge in [-0.05, 0) is 13.1 Å².